The van der Waals surface area contributed by atoms with Crippen molar-refractivity contribution in [1.29, 1.82) is 0 Å². The second-order valence-electron chi connectivity index (χ2n) is 4.50. The van der Waals surface area contributed by atoms with Gasteiger partial charge in [-0.15, -0.1) is 0 Å². The normalized spacial score (nSPS) is 10.5. The molecule has 3 nitrogen and oxygen atoms in total. The smallest absolute Gasteiger partial charge is 0.124 e. The van der Waals surface area contributed by atoms with Crippen LogP contribution in [0.2, 0.25) is 10.0 Å². The van der Waals surface area contributed by atoms with Crippen LogP contribution in [0.3, 0.4) is 0 Å². The van der Waals surface area contributed by atoms with E-state index in [1.165, 1.54) is 0 Å². The van der Waals surface area contributed by atoms with Crippen molar-refractivity contribution in [3.8, 4) is 5.75 Å². The number of anilines is 1. The van der Waals surface area contributed by atoms with Gasteiger partial charge in [-0.3, -0.25) is 0 Å². The molecule has 0 bridgehead atoms. The zero-order chi connectivity index (χ0) is 15.2. The summed E-state index contributed by atoms with van der Waals surface area (Å²) in [5.41, 5.74) is 2.61. The molecule has 0 radical (unpaired) electrons. The molecule has 2 aromatic carbocycles. The predicted molar refractivity (Wildman–Crippen MR) is 87.3 cm³/mol. The molecular weight excluding hydrogens is 309 g/mol. The van der Waals surface area contributed by atoms with Gasteiger partial charge in [-0.2, -0.15) is 0 Å². The van der Waals surface area contributed by atoms with Crippen molar-refractivity contribution in [3.63, 3.8) is 0 Å². The standard InChI is InChI=1S/C16H17Cl2NO2/c1-2-21-16-6-5-14(7-12(16)10-20)19-9-11-3-4-13(17)8-15(11)18/h3-8,19-20H,2,9-10H2,1H3. The van der Waals surface area contributed by atoms with E-state index in [9.17, 15) is 5.11 Å². The average molecular weight is 326 g/mol. The lowest BCUT2D eigenvalue weighted by atomic mass is 10.1. The maximum Gasteiger partial charge on any atom is 0.124 e. The molecule has 2 aromatic rings. The Morgan fingerprint density at radius 1 is 1.10 bits per heavy atom. The molecule has 5 heteroatoms. The second kappa shape index (κ2) is 7.55. The Balaban J connectivity index is 2.09. The number of aliphatic hydroxyl groups is 1. The molecule has 0 heterocycles. The number of rotatable bonds is 6. The Morgan fingerprint density at radius 2 is 1.90 bits per heavy atom. The summed E-state index contributed by atoms with van der Waals surface area (Å²) in [6.45, 7) is 3.00. The van der Waals surface area contributed by atoms with Crippen molar-refractivity contribution < 1.29 is 9.84 Å². The quantitative estimate of drug-likeness (QED) is 0.821. The van der Waals surface area contributed by atoms with Gasteiger partial charge in [0.1, 0.15) is 5.75 Å². The second-order valence-corrected chi connectivity index (χ2v) is 5.35. The third-order valence-corrected chi connectivity index (χ3v) is 3.62. The monoisotopic (exact) mass is 325 g/mol. The molecule has 0 saturated heterocycles. The lowest BCUT2D eigenvalue weighted by Gasteiger charge is -2.12. The number of benzene rings is 2. The zero-order valence-corrected chi connectivity index (χ0v) is 13.2. The Morgan fingerprint density at radius 3 is 2.57 bits per heavy atom. The van der Waals surface area contributed by atoms with Crippen molar-refractivity contribution in [2.75, 3.05) is 11.9 Å². The Labute approximate surface area is 134 Å². The van der Waals surface area contributed by atoms with Gasteiger partial charge < -0.3 is 15.2 Å². The first kappa shape index (κ1) is 16.0. The number of ether oxygens (including phenoxy) is 1. The van der Waals surface area contributed by atoms with E-state index in [1.807, 2.05) is 37.3 Å². The van der Waals surface area contributed by atoms with Crippen molar-refractivity contribution in [1.82, 2.24) is 0 Å². The van der Waals surface area contributed by atoms with E-state index in [0.717, 1.165) is 16.8 Å². The van der Waals surface area contributed by atoms with Crippen LogP contribution < -0.4 is 10.1 Å². The molecule has 0 aliphatic carbocycles. The van der Waals surface area contributed by atoms with Crippen LogP contribution in [0.1, 0.15) is 18.1 Å². The Hall–Kier alpha value is -1.42. The summed E-state index contributed by atoms with van der Waals surface area (Å²) in [5, 5.41) is 13.9. The first-order valence-electron chi connectivity index (χ1n) is 6.68. The summed E-state index contributed by atoms with van der Waals surface area (Å²) in [6.07, 6.45) is 0. The molecule has 0 saturated carbocycles. The van der Waals surface area contributed by atoms with Crippen LogP contribution in [0.15, 0.2) is 36.4 Å². The Bertz CT molecular complexity index is 617. The fourth-order valence-electron chi connectivity index (χ4n) is 1.97. The topological polar surface area (TPSA) is 41.5 Å². The zero-order valence-electron chi connectivity index (χ0n) is 11.7. The maximum atomic E-state index is 9.39. The van der Waals surface area contributed by atoms with Crippen LogP contribution >= 0.6 is 23.2 Å². The van der Waals surface area contributed by atoms with Gasteiger partial charge in [-0.25, -0.2) is 0 Å². The molecule has 0 fully saturated rings. The minimum absolute atomic E-state index is 0.0629. The molecule has 0 atom stereocenters. The van der Waals surface area contributed by atoms with E-state index in [2.05, 4.69) is 5.32 Å². The van der Waals surface area contributed by atoms with E-state index in [-0.39, 0.29) is 6.61 Å². The minimum Gasteiger partial charge on any atom is -0.494 e. The van der Waals surface area contributed by atoms with E-state index in [4.69, 9.17) is 27.9 Å². The third kappa shape index (κ3) is 4.27. The highest BCUT2D eigenvalue weighted by atomic mass is 35.5. The summed E-state index contributed by atoms with van der Waals surface area (Å²) in [4.78, 5) is 0. The van der Waals surface area contributed by atoms with Crippen molar-refractivity contribution >= 4 is 28.9 Å². The summed E-state index contributed by atoms with van der Waals surface area (Å²) in [7, 11) is 0. The molecule has 0 unspecified atom stereocenters. The minimum atomic E-state index is -0.0629. The predicted octanol–water partition coefficient (Wildman–Crippen LogP) is 4.50. The van der Waals surface area contributed by atoms with Crippen LogP contribution in [-0.4, -0.2) is 11.7 Å². The molecule has 2 rings (SSSR count). The molecule has 0 aliphatic rings. The summed E-state index contributed by atoms with van der Waals surface area (Å²) in [6, 6.07) is 11.0. The first-order chi connectivity index (χ1) is 10.1. The van der Waals surface area contributed by atoms with Crippen LogP contribution in [-0.2, 0) is 13.2 Å². The summed E-state index contributed by atoms with van der Waals surface area (Å²) < 4.78 is 5.45. The highest BCUT2D eigenvalue weighted by Gasteiger charge is 2.05. The highest BCUT2D eigenvalue weighted by Crippen LogP contribution is 2.25. The van der Waals surface area contributed by atoms with Crippen molar-refractivity contribution in [2.24, 2.45) is 0 Å². The van der Waals surface area contributed by atoms with Gasteiger partial charge in [0.15, 0.2) is 0 Å². The molecule has 21 heavy (non-hydrogen) atoms. The van der Waals surface area contributed by atoms with Crippen LogP contribution in [0, 0.1) is 0 Å². The number of hydrogen-bond acceptors (Lipinski definition) is 3. The van der Waals surface area contributed by atoms with Gasteiger partial charge in [-0.1, -0.05) is 29.3 Å². The number of hydrogen-bond donors (Lipinski definition) is 2. The number of nitrogens with one attached hydrogen (secondary N) is 1. The van der Waals surface area contributed by atoms with Gasteiger partial charge in [0.05, 0.1) is 13.2 Å². The van der Waals surface area contributed by atoms with Gasteiger partial charge in [0, 0.05) is 27.8 Å². The van der Waals surface area contributed by atoms with Gasteiger partial charge >= 0.3 is 0 Å². The fourth-order valence-corrected chi connectivity index (χ4v) is 2.45. The average Bonchev–Trinajstić information content (AvgIpc) is 2.47. The molecule has 112 valence electrons. The fraction of sp³-hybridized carbons (Fsp3) is 0.250. The van der Waals surface area contributed by atoms with Crippen LogP contribution in [0.4, 0.5) is 5.69 Å². The molecule has 2 N–H and O–H groups in total. The van der Waals surface area contributed by atoms with Crippen molar-refractivity contribution in [2.45, 2.75) is 20.1 Å². The maximum absolute atomic E-state index is 9.39. The largest absolute Gasteiger partial charge is 0.494 e. The summed E-state index contributed by atoms with van der Waals surface area (Å²) >= 11 is 12.0. The van der Waals surface area contributed by atoms with Crippen molar-refractivity contribution in [3.05, 3.63) is 57.6 Å². The van der Waals surface area contributed by atoms with E-state index in [0.29, 0.717) is 28.9 Å². The van der Waals surface area contributed by atoms with Gasteiger partial charge in [0.2, 0.25) is 0 Å². The molecule has 0 aliphatic heterocycles. The third-order valence-electron chi connectivity index (χ3n) is 3.03. The van der Waals surface area contributed by atoms with Crippen LogP contribution in [0.5, 0.6) is 5.75 Å². The summed E-state index contributed by atoms with van der Waals surface area (Å²) in [5.74, 6) is 0.704. The lowest BCUT2D eigenvalue weighted by molar-refractivity contribution is 0.267. The number of halogens is 2. The first-order valence-corrected chi connectivity index (χ1v) is 7.44. The van der Waals surface area contributed by atoms with Gasteiger partial charge in [0.25, 0.3) is 0 Å². The van der Waals surface area contributed by atoms with E-state index in [1.54, 1.807) is 6.07 Å². The van der Waals surface area contributed by atoms with Gasteiger partial charge in [-0.05, 0) is 42.8 Å². The molecular formula is C16H17Cl2NO2. The highest BCUT2D eigenvalue weighted by molar-refractivity contribution is 6.35. The molecule has 0 spiro atoms. The molecule has 0 amide bonds. The lowest BCUT2D eigenvalue weighted by Crippen LogP contribution is -2.02. The molecule has 0 aromatic heterocycles. The number of aliphatic hydroxyl groups excluding tert-OH is 1. The van der Waals surface area contributed by atoms with E-state index < -0.39 is 0 Å². The SMILES string of the molecule is CCOc1ccc(NCc2ccc(Cl)cc2Cl)cc1CO. The Kier molecular flexibility index (Phi) is 5.74. The van der Waals surface area contributed by atoms with E-state index >= 15 is 0 Å². The van der Waals surface area contributed by atoms with Crippen LogP contribution in [0.25, 0.3) is 0 Å².